The molecule has 1 saturated carbocycles. The van der Waals surface area contributed by atoms with Gasteiger partial charge in [0.2, 0.25) is 11.8 Å². The number of amides is 2. The molecule has 0 saturated heterocycles. The third kappa shape index (κ3) is 8.50. The van der Waals surface area contributed by atoms with E-state index in [1.165, 1.54) is 32.1 Å². The summed E-state index contributed by atoms with van der Waals surface area (Å²) < 4.78 is 0. The fourth-order valence-corrected chi connectivity index (χ4v) is 4.19. The van der Waals surface area contributed by atoms with E-state index in [0.717, 1.165) is 17.7 Å². The smallest absolute Gasteiger partial charge is 0.226 e. The maximum absolute atomic E-state index is 12.3. The Morgan fingerprint density at radius 2 is 1.55 bits per heavy atom. The summed E-state index contributed by atoms with van der Waals surface area (Å²) >= 11 is 5.28. The summed E-state index contributed by atoms with van der Waals surface area (Å²) in [4.78, 5) is 24.4. The lowest BCUT2D eigenvalue weighted by Crippen LogP contribution is -2.34. The first kappa shape index (κ1) is 22.9. The van der Waals surface area contributed by atoms with E-state index in [1.54, 1.807) is 6.07 Å². The van der Waals surface area contributed by atoms with Crippen LogP contribution in [0, 0.1) is 5.92 Å². The molecule has 0 spiro atoms. The van der Waals surface area contributed by atoms with Crippen molar-refractivity contribution in [1.82, 2.24) is 5.32 Å². The Morgan fingerprint density at radius 1 is 0.839 bits per heavy atom. The van der Waals surface area contributed by atoms with Crippen LogP contribution >= 0.6 is 12.2 Å². The molecule has 2 amide bonds. The molecule has 0 aromatic heterocycles. The number of thiocarbonyl (C=S) groups is 1. The minimum absolute atomic E-state index is 0.0420. The van der Waals surface area contributed by atoms with Gasteiger partial charge in [0.15, 0.2) is 5.11 Å². The molecule has 164 valence electrons. The molecule has 2 aromatic carbocycles. The molecule has 31 heavy (non-hydrogen) atoms. The van der Waals surface area contributed by atoms with Gasteiger partial charge in [0.25, 0.3) is 0 Å². The van der Waals surface area contributed by atoms with Crippen molar-refractivity contribution in [3.63, 3.8) is 0 Å². The first-order valence-corrected chi connectivity index (χ1v) is 11.5. The van der Waals surface area contributed by atoms with Crippen molar-refractivity contribution in [1.29, 1.82) is 0 Å². The molecule has 3 N–H and O–H groups in total. The van der Waals surface area contributed by atoms with E-state index in [9.17, 15) is 9.59 Å². The van der Waals surface area contributed by atoms with Crippen molar-refractivity contribution < 1.29 is 9.59 Å². The van der Waals surface area contributed by atoms with Crippen molar-refractivity contribution in [2.45, 2.75) is 57.8 Å². The van der Waals surface area contributed by atoms with Crippen molar-refractivity contribution in [3.8, 4) is 0 Å². The average molecular weight is 438 g/mol. The fraction of sp³-hybridized carbons (Fsp3) is 0.400. The van der Waals surface area contributed by atoms with Gasteiger partial charge < -0.3 is 16.0 Å². The van der Waals surface area contributed by atoms with Crippen LogP contribution < -0.4 is 16.0 Å². The predicted octanol–water partition coefficient (Wildman–Crippen LogP) is 5.43. The molecule has 0 radical (unpaired) electrons. The Bertz CT molecular complexity index is 879. The monoisotopic (exact) mass is 437 g/mol. The van der Waals surface area contributed by atoms with Crippen molar-refractivity contribution in [2.75, 3.05) is 10.6 Å². The van der Waals surface area contributed by atoms with E-state index in [2.05, 4.69) is 16.0 Å². The van der Waals surface area contributed by atoms with Crippen molar-refractivity contribution in [2.24, 2.45) is 5.92 Å². The molecule has 0 aliphatic heterocycles. The summed E-state index contributed by atoms with van der Waals surface area (Å²) in [5.41, 5.74) is 2.55. The van der Waals surface area contributed by atoms with Gasteiger partial charge in [-0.25, -0.2) is 0 Å². The van der Waals surface area contributed by atoms with Crippen LogP contribution in [-0.4, -0.2) is 16.9 Å². The number of aryl methyl sites for hydroxylation is 1. The zero-order valence-corrected chi connectivity index (χ0v) is 18.7. The normalized spacial score (nSPS) is 13.9. The molecule has 0 bridgehead atoms. The molecular weight excluding hydrogens is 406 g/mol. The van der Waals surface area contributed by atoms with Gasteiger partial charge in [0.1, 0.15) is 0 Å². The third-order valence-electron chi connectivity index (χ3n) is 5.65. The first-order chi connectivity index (χ1) is 15.1. The lowest BCUT2D eigenvalue weighted by molar-refractivity contribution is -0.120. The highest BCUT2D eigenvalue weighted by molar-refractivity contribution is 7.80. The van der Waals surface area contributed by atoms with E-state index >= 15 is 0 Å². The largest absolute Gasteiger partial charge is 0.332 e. The van der Waals surface area contributed by atoms with Crippen LogP contribution in [0.15, 0.2) is 54.6 Å². The maximum Gasteiger partial charge on any atom is 0.226 e. The molecule has 0 heterocycles. The summed E-state index contributed by atoms with van der Waals surface area (Å²) in [6, 6.07) is 17.3. The van der Waals surface area contributed by atoms with E-state index in [-0.39, 0.29) is 16.9 Å². The molecule has 2 aromatic rings. The molecule has 3 rings (SSSR count). The SMILES string of the molecule is O=C(CCC1CCCCC1)NC(=S)Nc1cccc(NC(=O)CCc2ccccc2)c1. The van der Waals surface area contributed by atoms with Crippen molar-refractivity contribution in [3.05, 3.63) is 60.2 Å². The van der Waals surface area contributed by atoms with Gasteiger partial charge >= 0.3 is 0 Å². The highest BCUT2D eigenvalue weighted by atomic mass is 32.1. The van der Waals surface area contributed by atoms with Crippen LogP contribution in [0.1, 0.15) is 56.9 Å². The molecular formula is C25H31N3O2S. The Labute approximate surface area is 190 Å². The molecule has 1 aliphatic rings. The highest BCUT2D eigenvalue weighted by Crippen LogP contribution is 2.27. The molecule has 6 heteroatoms. The van der Waals surface area contributed by atoms with Crippen LogP contribution in [-0.2, 0) is 16.0 Å². The Hall–Kier alpha value is -2.73. The van der Waals surface area contributed by atoms with Gasteiger partial charge in [-0.1, -0.05) is 68.5 Å². The number of nitrogens with one attached hydrogen (secondary N) is 3. The Balaban J connectivity index is 1.40. The predicted molar refractivity (Wildman–Crippen MR) is 130 cm³/mol. The van der Waals surface area contributed by atoms with Gasteiger partial charge in [-0.05, 0) is 54.7 Å². The number of rotatable bonds is 8. The van der Waals surface area contributed by atoms with E-state index in [4.69, 9.17) is 12.2 Å². The summed E-state index contributed by atoms with van der Waals surface area (Å²) in [5.74, 6) is 0.580. The van der Waals surface area contributed by atoms with E-state index in [1.807, 2.05) is 48.5 Å². The Kier molecular flexibility index (Phi) is 9.03. The topological polar surface area (TPSA) is 70.2 Å². The maximum atomic E-state index is 12.3. The minimum Gasteiger partial charge on any atom is -0.332 e. The molecule has 5 nitrogen and oxygen atoms in total. The summed E-state index contributed by atoms with van der Waals surface area (Å²) in [6.45, 7) is 0. The number of benzene rings is 2. The third-order valence-corrected chi connectivity index (χ3v) is 5.85. The van der Waals surface area contributed by atoms with Crippen LogP contribution in [0.5, 0.6) is 0 Å². The molecule has 0 atom stereocenters. The van der Waals surface area contributed by atoms with Crippen molar-refractivity contribution >= 4 is 40.5 Å². The van der Waals surface area contributed by atoms with Crippen LogP contribution in [0.4, 0.5) is 11.4 Å². The van der Waals surface area contributed by atoms with Gasteiger partial charge in [0, 0.05) is 24.2 Å². The van der Waals surface area contributed by atoms with Gasteiger partial charge in [-0.2, -0.15) is 0 Å². The first-order valence-electron chi connectivity index (χ1n) is 11.1. The standard InChI is InChI=1S/C25H31N3O2S/c29-23(16-14-19-8-3-1-4-9-19)26-21-12-7-13-22(18-21)27-25(31)28-24(30)17-15-20-10-5-2-6-11-20/h1,3-4,7-9,12-13,18,20H,2,5-6,10-11,14-17H2,(H,26,29)(H2,27,28,30,31). The van der Waals surface area contributed by atoms with Gasteiger partial charge in [0.05, 0.1) is 0 Å². The number of carbonyl (C=O) groups excluding carboxylic acids is 2. The summed E-state index contributed by atoms with van der Waals surface area (Å²) in [7, 11) is 0. The van der Waals surface area contributed by atoms with Crippen LogP contribution in [0.2, 0.25) is 0 Å². The number of hydrogen-bond acceptors (Lipinski definition) is 3. The number of carbonyl (C=O) groups is 2. The second-order valence-corrected chi connectivity index (χ2v) is 8.57. The fourth-order valence-electron chi connectivity index (χ4n) is 3.96. The second-order valence-electron chi connectivity index (χ2n) is 8.16. The average Bonchev–Trinajstić information content (AvgIpc) is 2.78. The Morgan fingerprint density at radius 3 is 2.29 bits per heavy atom. The lowest BCUT2D eigenvalue weighted by atomic mass is 9.86. The quantitative estimate of drug-likeness (QED) is 0.482. The van der Waals surface area contributed by atoms with Gasteiger partial charge in [-0.15, -0.1) is 0 Å². The van der Waals surface area contributed by atoms with E-state index in [0.29, 0.717) is 30.9 Å². The van der Waals surface area contributed by atoms with Gasteiger partial charge in [-0.3, -0.25) is 9.59 Å². The lowest BCUT2D eigenvalue weighted by Gasteiger charge is -2.21. The number of hydrogen-bond donors (Lipinski definition) is 3. The van der Waals surface area contributed by atoms with E-state index < -0.39 is 0 Å². The highest BCUT2D eigenvalue weighted by Gasteiger charge is 2.15. The minimum atomic E-state index is -0.0477. The summed E-state index contributed by atoms with van der Waals surface area (Å²) in [6.07, 6.45) is 8.90. The molecule has 1 aliphatic carbocycles. The van der Waals surface area contributed by atoms with Crippen LogP contribution in [0.25, 0.3) is 0 Å². The second kappa shape index (κ2) is 12.2. The molecule has 1 fully saturated rings. The van der Waals surface area contributed by atoms with Crippen LogP contribution in [0.3, 0.4) is 0 Å². The molecule has 0 unspecified atom stereocenters. The zero-order valence-electron chi connectivity index (χ0n) is 17.9. The zero-order chi connectivity index (χ0) is 21.9. The number of anilines is 2. The summed E-state index contributed by atoms with van der Waals surface area (Å²) in [5, 5.41) is 8.98.